The maximum absolute atomic E-state index is 14.1. The number of hydrogen-bond donors (Lipinski definition) is 1. The van der Waals surface area contributed by atoms with Crippen LogP contribution in [0.4, 0.5) is 30.7 Å². The third-order valence-corrected chi connectivity index (χ3v) is 4.70. The minimum Gasteiger partial charge on any atom is -0.457 e. The highest BCUT2D eigenvalue weighted by Crippen LogP contribution is 2.62. The number of aliphatic hydroxyl groups is 1. The summed E-state index contributed by atoms with van der Waals surface area (Å²) < 4.78 is 103. The van der Waals surface area contributed by atoms with Gasteiger partial charge in [-0.15, -0.1) is 0 Å². The van der Waals surface area contributed by atoms with Crippen LogP contribution in [0.25, 0.3) is 0 Å². The first-order valence-corrected chi connectivity index (χ1v) is 8.13. The van der Waals surface area contributed by atoms with Crippen molar-refractivity contribution in [3.8, 4) is 17.6 Å². The molecule has 1 N–H and O–H groups in total. The van der Waals surface area contributed by atoms with E-state index in [1.54, 1.807) is 6.07 Å². The Morgan fingerprint density at radius 3 is 2.38 bits per heavy atom. The lowest BCUT2D eigenvalue weighted by Crippen LogP contribution is -2.47. The molecule has 10 heteroatoms. The van der Waals surface area contributed by atoms with Gasteiger partial charge in [0.15, 0.2) is 5.60 Å². The summed E-state index contributed by atoms with van der Waals surface area (Å²) in [6.07, 6.45) is -3.80. The molecule has 0 amide bonds. The van der Waals surface area contributed by atoms with E-state index >= 15 is 0 Å². The summed E-state index contributed by atoms with van der Waals surface area (Å²) in [6.45, 7) is 0.315. The zero-order valence-electron chi connectivity index (χ0n) is 14.6. The van der Waals surface area contributed by atoms with Crippen molar-refractivity contribution < 1.29 is 40.6 Å². The van der Waals surface area contributed by atoms with E-state index in [1.807, 2.05) is 0 Å². The van der Waals surface area contributed by atoms with Gasteiger partial charge < -0.3 is 9.84 Å². The molecule has 0 heterocycles. The van der Waals surface area contributed by atoms with Gasteiger partial charge in [-0.1, -0.05) is 0 Å². The fourth-order valence-electron chi connectivity index (χ4n) is 3.32. The molecule has 0 aliphatic heterocycles. The summed E-state index contributed by atoms with van der Waals surface area (Å²) >= 11 is 0. The van der Waals surface area contributed by atoms with Crippen molar-refractivity contribution in [2.45, 2.75) is 37.2 Å². The molecular formula is C19H12F7NO2. The monoisotopic (exact) mass is 419 g/mol. The standard InChI is InChI=1S/C19H12F7NO2/c1-17(28)15-12(18(23,24)19(17,25)26)2-3-13(14(15)16(21)22)29-11-7-9(4-5-27)6-10(20)8-11/h2-3,6-8,16,28H,4H2,1H3. The number of rotatable bonds is 4. The van der Waals surface area contributed by atoms with Gasteiger partial charge in [-0.2, -0.15) is 22.8 Å². The van der Waals surface area contributed by atoms with Crippen LogP contribution in [0.15, 0.2) is 30.3 Å². The number of alkyl halides is 6. The summed E-state index contributed by atoms with van der Waals surface area (Å²) in [5.41, 5.74) is -7.60. The lowest BCUT2D eigenvalue weighted by atomic mass is 9.91. The summed E-state index contributed by atoms with van der Waals surface area (Å²) in [5, 5.41) is 18.8. The zero-order valence-corrected chi connectivity index (χ0v) is 14.6. The second-order valence-corrected chi connectivity index (χ2v) is 6.65. The number of ether oxygens (including phenoxy) is 1. The Bertz CT molecular complexity index is 1010. The predicted octanol–water partition coefficient (Wildman–Crippen LogP) is 5.57. The molecule has 0 spiro atoms. The van der Waals surface area contributed by atoms with Crippen molar-refractivity contribution in [3.63, 3.8) is 0 Å². The van der Waals surface area contributed by atoms with Gasteiger partial charge in [0.1, 0.15) is 17.3 Å². The van der Waals surface area contributed by atoms with Crippen molar-refractivity contribution in [2.24, 2.45) is 0 Å². The predicted molar refractivity (Wildman–Crippen MR) is 85.6 cm³/mol. The van der Waals surface area contributed by atoms with E-state index < -0.39 is 52.1 Å². The summed E-state index contributed by atoms with van der Waals surface area (Å²) in [7, 11) is 0. The molecule has 1 aliphatic carbocycles. The minimum absolute atomic E-state index is 0.146. The topological polar surface area (TPSA) is 53.2 Å². The normalized spacial score (nSPS) is 21.7. The number of nitriles is 1. The van der Waals surface area contributed by atoms with Crippen LogP contribution in [0.5, 0.6) is 11.5 Å². The molecule has 3 nitrogen and oxygen atoms in total. The van der Waals surface area contributed by atoms with Gasteiger partial charge in [0.25, 0.3) is 6.43 Å². The van der Waals surface area contributed by atoms with Crippen LogP contribution in [-0.2, 0) is 17.9 Å². The fraction of sp³-hybridized carbons (Fsp3) is 0.316. The molecular weight excluding hydrogens is 407 g/mol. The lowest BCUT2D eigenvalue weighted by Gasteiger charge is -2.29. The van der Waals surface area contributed by atoms with Gasteiger partial charge in [-0.05, 0) is 36.8 Å². The summed E-state index contributed by atoms with van der Waals surface area (Å²) in [5.74, 6) is -12.0. The van der Waals surface area contributed by atoms with Crippen LogP contribution in [0.3, 0.4) is 0 Å². The molecule has 0 saturated carbocycles. The highest BCUT2D eigenvalue weighted by atomic mass is 19.3. The van der Waals surface area contributed by atoms with Gasteiger partial charge in [0.05, 0.1) is 18.1 Å². The van der Waals surface area contributed by atoms with Crippen molar-refractivity contribution in [2.75, 3.05) is 0 Å². The zero-order chi connectivity index (χ0) is 21.8. The van der Waals surface area contributed by atoms with Crippen molar-refractivity contribution in [1.82, 2.24) is 0 Å². The van der Waals surface area contributed by atoms with E-state index in [9.17, 15) is 35.8 Å². The maximum Gasteiger partial charge on any atom is 0.346 e. The van der Waals surface area contributed by atoms with Gasteiger partial charge in [0.2, 0.25) is 0 Å². The first-order valence-electron chi connectivity index (χ1n) is 8.13. The maximum atomic E-state index is 14.1. The lowest BCUT2D eigenvalue weighted by molar-refractivity contribution is -0.280. The largest absolute Gasteiger partial charge is 0.457 e. The van der Waals surface area contributed by atoms with Gasteiger partial charge in [0, 0.05) is 17.2 Å². The molecule has 0 saturated heterocycles. The minimum atomic E-state index is -5.05. The van der Waals surface area contributed by atoms with Crippen LogP contribution in [-0.4, -0.2) is 11.0 Å². The number of nitrogens with zero attached hydrogens (tertiary/aromatic N) is 1. The molecule has 3 rings (SSSR count). The van der Waals surface area contributed by atoms with Crippen LogP contribution >= 0.6 is 0 Å². The Labute approximate surface area is 159 Å². The van der Waals surface area contributed by atoms with Crippen LogP contribution in [0.2, 0.25) is 0 Å². The number of benzene rings is 2. The average Bonchev–Trinajstić information content (AvgIpc) is 2.69. The molecule has 0 aromatic heterocycles. The summed E-state index contributed by atoms with van der Waals surface area (Å²) in [6, 6.07) is 5.77. The van der Waals surface area contributed by atoms with E-state index in [-0.39, 0.29) is 17.7 Å². The molecule has 2 aromatic carbocycles. The van der Waals surface area contributed by atoms with Crippen molar-refractivity contribution in [3.05, 3.63) is 58.4 Å². The van der Waals surface area contributed by atoms with Crippen LogP contribution in [0.1, 0.15) is 35.6 Å². The Morgan fingerprint density at radius 1 is 1.14 bits per heavy atom. The van der Waals surface area contributed by atoms with Crippen molar-refractivity contribution >= 4 is 0 Å². The number of fused-ring (bicyclic) bond motifs is 1. The van der Waals surface area contributed by atoms with Crippen LogP contribution in [0, 0.1) is 17.1 Å². The molecule has 0 fully saturated rings. The van der Waals surface area contributed by atoms with Gasteiger partial charge in [-0.3, -0.25) is 0 Å². The second kappa shape index (κ2) is 6.62. The Morgan fingerprint density at radius 2 is 1.79 bits per heavy atom. The Balaban J connectivity index is 2.19. The molecule has 0 radical (unpaired) electrons. The highest BCUT2D eigenvalue weighted by Gasteiger charge is 2.75. The third-order valence-electron chi connectivity index (χ3n) is 4.70. The molecule has 0 bridgehead atoms. The van der Waals surface area contributed by atoms with Gasteiger partial charge >= 0.3 is 11.8 Å². The number of halogens is 7. The number of hydrogen-bond acceptors (Lipinski definition) is 3. The summed E-state index contributed by atoms with van der Waals surface area (Å²) in [4.78, 5) is 0. The fourth-order valence-corrected chi connectivity index (χ4v) is 3.32. The van der Waals surface area contributed by atoms with E-state index in [2.05, 4.69) is 0 Å². The average molecular weight is 419 g/mol. The van der Waals surface area contributed by atoms with E-state index in [4.69, 9.17) is 10.00 Å². The molecule has 154 valence electrons. The third kappa shape index (κ3) is 3.00. The van der Waals surface area contributed by atoms with E-state index in [1.165, 1.54) is 0 Å². The first kappa shape index (κ1) is 20.9. The van der Waals surface area contributed by atoms with E-state index in [0.717, 1.165) is 18.2 Å². The molecule has 1 atom stereocenters. The van der Waals surface area contributed by atoms with Crippen molar-refractivity contribution in [1.29, 1.82) is 5.26 Å². The quantitative estimate of drug-likeness (QED) is 0.660. The first-order chi connectivity index (χ1) is 13.3. The SMILES string of the molecule is CC1(O)c2c(ccc(Oc3cc(F)cc(CC#N)c3)c2C(F)F)C(F)(F)C1(F)F. The van der Waals surface area contributed by atoms with E-state index in [0.29, 0.717) is 19.1 Å². The van der Waals surface area contributed by atoms with Gasteiger partial charge in [-0.25, -0.2) is 13.2 Å². The van der Waals surface area contributed by atoms with Crippen LogP contribution < -0.4 is 4.74 Å². The highest BCUT2D eigenvalue weighted by molar-refractivity contribution is 5.56. The Kier molecular flexibility index (Phi) is 4.78. The molecule has 2 aromatic rings. The second-order valence-electron chi connectivity index (χ2n) is 6.65. The smallest absolute Gasteiger partial charge is 0.346 e. The Hall–Kier alpha value is -2.80. The molecule has 1 unspecified atom stereocenters. The molecule has 29 heavy (non-hydrogen) atoms. The molecule has 1 aliphatic rings.